The molecule has 0 amide bonds. The van der Waals surface area contributed by atoms with Crippen LogP contribution in [0.2, 0.25) is 0 Å². The first-order valence-corrected chi connectivity index (χ1v) is 5.88. The van der Waals surface area contributed by atoms with E-state index >= 15 is 0 Å². The Kier molecular flexibility index (Phi) is 6.51. The number of hydrogen-bond acceptors (Lipinski definition) is 3. The van der Waals surface area contributed by atoms with Crippen LogP contribution in [0.1, 0.15) is 20.8 Å². The summed E-state index contributed by atoms with van der Waals surface area (Å²) >= 11 is 0.360. The van der Waals surface area contributed by atoms with Gasteiger partial charge in [0.1, 0.15) is 0 Å². The van der Waals surface area contributed by atoms with Crippen molar-refractivity contribution < 1.29 is 12.4 Å². The zero-order chi connectivity index (χ0) is 10.4. The molecule has 1 atom stereocenters. The van der Waals surface area contributed by atoms with E-state index in [9.17, 15) is 4.79 Å². The van der Waals surface area contributed by atoms with E-state index in [0.717, 1.165) is 0 Å². The molecule has 0 aliphatic heterocycles. The van der Waals surface area contributed by atoms with Gasteiger partial charge in [0, 0.05) is 0 Å². The van der Waals surface area contributed by atoms with Gasteiger partial charge < -0.3 is 0 Å². The second kappa shape index (κ2) is 6.49. The Balaban J connectivity index is 4.47. The van der Waals surface area contributed by atoms with Gasteiger partial charge >= 0.3 is 94.7 Å². The molecular formula is C9H16InO3. The predicted octanol–water partition coefficient (Wildman–Crippen LogP) is 0.963. The van der Waals surface area contributed by atoms with Crippen LogP contribution in [0, 0.1) is 5.92 Å². The number of methoxy groups -OCH3 is 1. The van der Waals surface area contributed by atoms with Gasteiger partial charge in [-0.3, -0.25) is 0 Å². The maximum absolute atomic E-state index is 11.3. The molecule has 0 bridgehead atoms. The summed E-state index contributed by atoms with van der Waals surface area (Å²) < 4.78 is 10.3. The summed E-state index contributed by atoms with van der Waals surface area (Å²) in [6, 6.07) is 0. The molecule has 0 spiro atoms. The summed E-state index contributed by atoms with van der Waals surface area (Å²) in [6.07, 6.45) is 1.41. The van der Waals surface area contributed by atoms with E-state index in [4.69, 9.17) is 7.59 Å². The summed E-state index contributed by atoms with van der Waals surface area (Å²) in [7, 11) is 1.60. The van der Waals surface area contributed by atoms with Gasteiger partial charge in [0.2, 0.25) is 0 Å². The first kappa shape index (κ1) is 13.0. The van der Waals surface area contributed by atoms with Crippen molar-refractivity contribution in [2.24, 2.45) is 5.92 Å². The van der Waals surface area contributed by atoms with Crippen molar-refractivity contribution in [3.63, 3.8) is 0 Å². The SMILES string of the molecule is COC(C)C(=CC(=O)C(C)C)[O][InH]. The number of ether oxygens (including phenoxy) is 1. The van der Waals surface area contributed by atoms with Crippen LogP contribution in [0.5, 0.6) is 0 Å². The third-order valence-electron chi connectivity index (χ3n) is 1.77. The van der Waals surface area contributed by atoms with Crippen molar-refractivity contribution >= 4 is 30.6 Å². The fourth-order valence-electron chi connectivity index (χ4n) is 0.699. The first-order chi connectivity index (χ1) is 6.02. The predicted molar refractivity (Wildman–Crippen MR) is 52.6 cm³/mol. The van der Waals surface area contributed by atoms with Gasteiger partial charge in [-0.25, -0.2) is 0 Å². The number of ketones is 1. The summed E-state index contributed by atoms with van der Waals surface area (Å²) in [5, 5.41) is 0. The van der Waals surface area contributed by atoms with Crippen molar-refractivity contribution in [1.82, 2.24) is 0 Å². The normalized spacial score (nSPS) is 14.4. The fraction of sp³-hybridized carbons (Fsp3) is 0.667. The number of rotatable bonds is 5. The van der Waals surface area contributed by atoms with Crippen molar-refractivity contribution in [2.45, 2.75) is 26.9 Å². The Hall–Kier alpha value is 0.0401. The summed E-state index contributed by atoms with van der Waals surface area (Å²) in [4.78, 5) is 11.3. The molecule has 0 fully saturated rings. The van der Waals surface area contributed by atoms with Crippen LogP contribution in [0.4, 0.5) is 0 Å². The molecular weight excluding hydrogens is 271 g/mol. The van der Waals surface area contributed by atoms with Crippen molar-refractivity contribution in [2.75, 3.05) is 7.11 Å². The summed E-state index contributed by atoms with van der Waals surface area (Å²) in [6.45, 7) is 5.59. The molecule has 1 unspecified atom stereocenters. The van der Waals surface area contributed by atoms with Crippen LogP contribution >= 0.6 is 0 Å². The van der Waals surface area contributed by atoms with Crippen molar-refractivity contribution in [1.29, 1.82) is 0 Å². The molecule has 0 rings (SSSR count). The fourth-order valence-corrected chi connectivity index (χ4v) is 1.61. The standard InChI is InChI=1S/C9H16O3.In.H/c1-6(2)8(10)5-9(11)7(3)12-4;;/h5-7,11H,1-4H3;;/q;+1;/p-1. The molecule has 13 heavy (non-hydrogen) atoms. The average Bonchev–Trinajstić information content (AvgIpc) is 2.12. The molecule has 4 heteroatoms. The van der Waals surface area contributed by atoms with Crippen LogP contribution in [-0.2, 0) is 12.4 Å². The zero-order valence-corrected chi connectivity index (χ0v) is 12.7. The molecule has 0 N–H and O–H groups in total. The number of carbonyl (C=O) groups excluding carboxylic acids is 1. The average molecular weight is 287 g/mol. The zero-order valence-electron chi connectivity index (χ0n) is 8.66. The second-order valence-corrected chi connectivity index (χ2v) is 3.95. The van der Waals surface area contributed by atoms with Crippen LogP contribution < -0.4 is 0 Å². The minimum atomic E-state index is -0.131. The van der Waals surface area contributed by atoms with Crippen LogP contribution in [0.3, 0.4) is 0 Å². The monoisotopic (exact) mass is 287 g/mol. The number of allylic oxidation sites excluding steroid dienone is 1. The number of hydrogen-bond donors (Lipinski definition) is 0. The summed E-state index contributed by atoms with van der Waals surface area (Å²) in [5.41, 5.74) is 0. The molecule has 0 aromatic heterocycles. The minimum absolute atomic E-state index is 0.0135. The van der Waals surface area contributed by atoms with Crippen molar-refractivity contribution in [3.05, 3.63) is 11.8 Å². The van der Waals surface area contributed by atoms with Crippen LogP contribution in [0.25, 0.3) is 0 Å². The van der Waals surface area contributed by atoms with E-state index in [1.165, 1.54) is 0 Å². The van der Waals surface area contributed by atoms with Gasteiger partial charge in [-0.2, -0.15) is 0 Å². The van der Waals surface area contributed by atoms with E-state index in [2.05, 4.69) is 0 Å². The summed E-state index contributed by atoms with van der Waals surface area (Å²) in [5.74, 6) is 0.743. The van der Waals surface area contributed by atoms with Crippen LogP contribution in [0.15, 0.2) is 11.8 Å². The Labute approximate surface area is 94.7 Å². The molecule has 0 aliphatic carbocycles. The molecule has 1 radical (unpaired) electrons. The van der Waals surface area contributed by atoms with E-state index < -0.39 is 0 Å². The van der Waals surface area contributed by atoms with Crippen molar-refractivity contribution in [3.8, 4) is 0 Å². The molecule has 0 aromatic carbocycles. The second-order valence-electron chi connectivity index (χ2n) is 3.13. The Bertz CT molecular complexity index is 199. The molecule has 0 heterocycles. The van der Waals surface area contributed by atoms with Gasteiger partial charge in [-0.15, -0.1) is 0 Å². The van der Waals surface area contributed by atoms with E-state index in [0.29, 0.717) is 30.6 Å². The Morgan fingerprint density at radius 1 is 1.38 bits per heavy atom. The molecule has 73 valence electrons. The Morgan fingerprint density at radius 2 is 1.92 bits per heavy atom. The van der Waals surface area contributed by atoms with Gasteiger partial charge in [0.05, 0.1) is 0 Å². The maximum atomic E-state index is 11.3. The molecule has 0 aromatic rings. The molecule has 0 aliphatic rings. The number of carbonyl (C=O) groups is 1. The molecule has 3 nitrogen and oxygen atoms in total. The third-order valence-corrected chi connectivity index (χ3v) is 2.73. The van der Waals surface area contributed by atoms with Gasteiger partial charge in [0.25, 0.3) is 0 Å². The van der Waals surface area contributed by atoms with Gasteiger partial charge in [0.15, 0.2) is 0 Å². The van der Waals surface area contributed by atoms with E-state index in [1.807, 2.05) is 20.8 Å². The third kappa shape index (κ3) is 4.72. The molecule has 0 saturated carbocycles. The topological polar surface area (TPSA) is 35.5 Å². The first-order valence-electron chi connectivity index (χ1n) is 4.23. The quantitative estimate of drug-likeness (QED) is 0.558. The molecule has 0 saturated heterocycles. The van der Waals surface area contributed by atoms with Gasteiger partial charge in [-0.05, 0) is 0 Å². The Morgan fingerprint density at radius 3 is 2.23 bits per heavy atom. The van der Waals surface area contributed by atoms with Crippen LogP contribution in [-0.4, -0.2) is 43.8 Å². The van der Waals surface area contributed by atoms with E-state index in [-0.39, 0.29) is 17.8 Å². The van der Waals surface area contributed by atoms with E-state index in [1.54, 1.807) is 13.2 Å². The van der Waals surface area contributed by atoms with Gasteiger partial charge in [-0.1, -0.05) is 0 Å².